The topological polar surface area (TPSA) is 73.3 Å². The average Bonchev–Trinajstić information content (AvgIpc) is 2.83. The van der Waals surface area contributed by atoms with Crippen LogP contribution in [0.3, 0.4) is 0 Å². The van der Waals surface area contributed by atoms with Gasteiger partial charge < -0.3 is 14.6 Å². The minimum atomic E-state index is 0.462. The largest absolute Gasteiger partial charge is 0.467 e. The molecular weight excluding hydrogens is 206 g/mol. The summed E-state index contributed by atoms with van der Waals surface area (Å²) in [4.78, 5) is 4.07. The molecule has 0 saturated carbocycles. The molecule has 0 bridgehead atoms. The van der Waals surface area contributed by atoms with Gasteiger partial charge in [0, 0.05) is 6.20 Å². The number of hydrogen-bond acceptors (Lipinski definition) is 5. The van der Waals surface area contributed by atoms with Gasteiger partial charge in [-0.1, -0.05) is 6.07 Å². The second-order valence-electron chi connectivity index (χ2n) is 3.27. The average molecular weight is 219 g/mol. The van der Waals surface area contributed by atoms with E-state index in [-0.39, 0.29) is 0 Å². The summed E-state index contributed by atoms with van der Waals surface area (Å²) in [6.07, 6.45) is 3.35. The number of hydrogen-bond donors (Lipinski definition) is 2. The van der Waals surface area contributed by atoms with Crippen molar-refractivity contribution in [3.05, 3.63) is 48.0 Å². The quantitative estimate of drug-likeness (QED) is 0.591. The number of rotatable bonds is 5. The first-order valence-electron chi connectivity index (χ1n) is 4.90. The highest BCUT2D eigenvalue weighted by atomic mass is 16.5. The highest BCUT2D eigenvalue weighted by Gasteiger charge is 1.98. The predicted octanol–water partition coefficient (Wildman–Crippen LogP) is 1.68. The van der Waals surface area contributed by atoms with Crippen LogP contribution in [-0.4, -0.2) is 4.98 Å². The molecule has 0 fully saturated rings. The van der Waals surface area contributed by atoms with Crippen molar-refractivity contribution in [1.82, 2.24) is 4.98 Å². The van der Waals surface area contributed by atoms with Crippen LogP contribution in [0, 0.1) is 0 Å². The number of ether oxygens (including phenoxy) is 1. The maximum atomic E-state index is 5.45. The van der Waals surface area contributed by atoms with Crippen molar-refractivity contribution in [2.24, 2.45) is 5.84 Å². The van der Waals surface area contributed by atoms with Crippen LogP contribution in [0.5, 0.6) is 0 Å². The summed E-state index contributed by atoms with van der Waals surface area (Å²) < 4.78 is 10.6. The normalized spacial score (nSPS) is 10.3. The van der Waals surface area contributed by atoms with Crippen LogP contribution in [0.15, 0.2) is 41.1 Å². The zero-order valence-electron chi connectivity index (χ0n) is 8.72. The molecule has 84 valence electrons. The van der Waals surface area contributed by atoms with E-state index in [1.165, 1.54) is 0 Å². The Bertz CT molecular complexity index is 411. The van der Waals surface area contributed by atoms with Crippen LogP contribution in [0.1, 0.15) is 11.3 Å². The van der Waals surface area contributed by atoms with Gasteiger partial charge in [0.05, 0.1) is 12.9 Å². The van der Waals surface area contributed by atoms with Gasteiger partial charge in [-0.15, -0.1) is 0 Å². The molecule has 2 rings (SSSR count). The summed E-state index contributed by atoms with van der Waals surface area (Å²) in [5.41, 5.74) is 3.46. The summed E-state index contributed by atoms with van der Waals surface area (Å²) in [6, 6.07) is 7.41. The zero-order chi connectivity index (χ0) is 11.2. The SMILES string of the molecule is NNc1ccc(COCc2ccco2)cn1. The number of pyridine rings is 1. The van der Waals surface area contributed by atoms with E-state index in [1.807, 2.05) is 18.2 Å². The van der Waals surface area contributed by atoms with Crippen molar-refractivity contribution in [1.29, 1.82) is 0 Å². The third-order valence-corrected chi connectivity index (χ3v) is 2.07. The monoisotopic (exact) mass is 219 g/mol. The fraction of sp³-hybridized carbons (Fsp3) is 0.182. The van der Waals surface area contributed by atoms with Crippen LogP contribution < -0.4 is 11.3 Å². The second kappa shape index (κ2) is 5.29. The predicted molar refractivity (Wildman–Crippen MR) is 59.2 cm³/mol. The fourth-order valence-corrected chi connectivity index (χ4v) is 1.26. The molecule has 16 heavy (non-hydrogen) atoms. The van der Waals surface area contributed by atoms with Gasteiger partial charge >= 0.3 is 0 Å². The molecule has 0 spiro atoms. The summed E-state index contributed by atoms with van der Waals surface area (Å²) in [6.45, 7) is 0.961. The van der Waals surface area contributed by atoms with E-state index in [0.717, 1.165) is 11.3 Å². The van der Waals surface area contributed by atoms with E-state index in [2.05, 4.69) is 10.4 Å². The molecule has 0 aromatic carbocycles. The lowest BCUT2D eigenvalue weighted by molar-refractivity contribution is 0.0928. The Morgan fingerprint density at radius 3 is 2.88 bits per heavy atom. The molecule has 2 aromatic heterocycles. The minimum Gasteiger partial charge on any atom is -0.467 e. The highest BCUT2D eigenvalue weighted by Crippen LogP contribution is 2.07. The summed E-state index contributed by atoms with van der Waals surface area (Å²) >= 11 is 0. The number of nitrogens with one attached hydrogen (secondary N) is 1. The lowest BCUT2D eigenvalue weighted by atomic mass is 10.3. The molecule has 0 amide bonds. The number of hydrazine groups is 1. The van der Waals surface area contributed by atoms with Gasteiger partial charge in [-0.2, -0.15) is 0 Å². The molecule has 5 nitrogen and oxygen atoms in total. The van der Waals surface area contributed by atoms with Crippen molar-refractivity contribution < 1.29 is 9.15 Å². The van der Waals surface area contributed by atoms with Crippen LogP contribution in [0.25, 0.3) is 0 Å². The maximum absolute atomic E-state index is 5.45. The van der Waals surface area contributed by atoms with Crippen molar-refractivity contribution in [2.45, 2.75) is 13.2 Å². The van der Waals surface area contributed by atoms with Crippen LogP contribution in [-0.2, 0) is 18.0 Å². The zero-order valence-corrected chi connectivity index (χ0v) is 8.72. The number of aromatic nitrogens is 1. The molecule has 0 aliphatic carbocycles. The molecule has 0 radical (unpaired) electrons. The van der Waals surface area contributed by atoms with Gasteiger partial charge in [0.25, 0.3) is 0 Å². The molecular formula is C11H13N3O2. The smallest absolute Gasteiger partial charge is 0.139 e. The van der Waals surface area contributed by atoms with Crippen LogP contribution in [0.4, 0.5) is 5.82 Å². The second-order valence-corrected chi connectivity index (χ2v) is 3.27. The van der Waals surface area contributed by atoms with Gasteiger partial charge in [0.1, 0.15) is 18.2 Å². The molecule has 0 atom stereocenters. The molecule has 0 aliphatic heterocycles. The van der Waals surface area contributed by atoms with Gasteiger partial charge in [0.2, 0.25) is 0 Å². The van der Waals surface area contributed by atoms with E-state index >= 15 is 0 Å². The number of nitrogen functional groups attached to an aromatic ring is 1. The Kier molecular flexibility index (Phi) is 3.53. The minimum absolute atomic E-state index is 0.462. The maximum Gasteiger partial charge on any atom is 0.139 e. The van der Waals surface area contributed by atoms with Gasteiger partial charge in [-0.3, -0.25) is 0 Å². The molecule has 2 heterocycles. The van der Waals surface area contributed by atoms with E-state index in [0.29, 0.717) is 19.0 Å². The van der Waals surface area contributed by atoms with Crippen LogP contribution in [0.2, 0.25) is 0 Å². The first-order valence-corrected chi connectivity index (χ1v) is 4.90. The van der Waals surface area contributed by atoms with Gasteiger partial charge in [-0.25, -0.2) is 10.8 Å². The molecule has 5 heteroatoms. The Labute approximate surface area is 93.2 Å². The van der Waals surface area contributed by atoms with Gasteiger partial charge in [-0.05, 0) is 23.8 Å². The molecule has 2 aromatic rings. The number of nitrogens with zero attached hydrogens (tertiary/aromatic N) is 1. The lowest BCUT2D eigenvalue weighted by Crippen LogP contribution is -2.08. The van der Waals surface area contributed by atoms with E-state index in [9.17, 15) is 0 Å². The van der Waals surface area contributed by atoms with Crippen molar-refractivity contribution >= 4 is 5.82 Å². The number of furan rings is 1. The number of nitrogens with two attached hydrogens (primary N) is 1. The Balaban J connectivity index is 1.81. The summed E-state index contributed by atoms with van der Waals surface area (Å²) in [5, 5.41) is 0. The Morgan fingerprint density at radius 1 is 1.31 bits per heavy atom. The molecule has 0 unspecified atom stereocenters. The molecule has 0 aliphatic rings. The first kappa shape index (κ1) is 10.7. The fourth-order valence-electron chi connectivity index (χ4n) is 1.26. The molecule has 0 saturated heterocycles. The first-order chi connectivity index (χ1) is 7.88. The summed E-state index contributed by atoms with van der Waals surface area (Å²) in [7, 11) is 0. The van der Waals surface area contributed by atoms with E-state index in [1.54, 1.807) is 18.5 Å². The van der Waals surface area contributed by atoms with Crippen molar-refractivity contribution in [3.63, 3.8) is 0 Å². The Hall–Kier alpha value is -1.85. The third kappa shape index (κ3) is 2.82. The Morgan fingerprint density at radius 2 is 2.25 bits per heavy atom. The van der Waals surface area contributed by atoms with Crippen LogP contribution >= 0.6 is 0 Å². The van der Waals surface area contributed by atoms with E-state index in [4.69, 9.17) is 15.0 Å². The third-order valence-electron chi connectivity index (χ3n) is 2.07. The van der Waals surface area contributed by atoms with Crippen molar-refractivity contribution in [3.8, 4) is 0 Å². The summed E-state index contributed by atoms with van der Waals surface area (Å²) in [5.74, 6) is 6.66. The molecule has 3 N–H and O–H groups in total. The van der Waals surface area contributed by atoms with E-state index < -0.39 is 0 Å². The standard InChI is InChI=1S/C11H13N3O2/c12-14-11-4-3-9(6-13-11)7-15-8-10-2-1-5-16-10/h1-6H,7-8,12H2,(H,13,14). The lowest BCUT2D eigenvalue weighted by Gasteiger charge is -2.03. The number of anilines is 1. The van der Waals surface area contributed by atoms with Gasteiger partial charge in [0.15, 0.2) is 0 Å². The highest BCUT2D eigenvalue weighted by molar-refractivity contribution is 5.33. The van der Waals surface area contributed by atoms with Crippen molar-refractivity contribution in [2.75, 3.05) is 5.43 Å².